The standard InChI is InChI=1S/C32H28FNO/c33-26-11-8-23(9-12-26)27-2-1-3-28-29-19-24(10-13-31(29)35-32(27)28)30-18-21(14-15-34-30)17-25-16-20-4-6-22(25)7-5-20/h1-3,8-15,18-20,22,25H,4-7,16-17H2. The van der Waals surface area contributed by atoms with Crippen LogP contribution >= 0.6 is 0 Å². The van der Waals surface area contributed by atoms with E-state index in [1.165, 1.54) is 56.2 Å². The van der Waals surface area contributed by atoms with Gasteiger partial charge in [-0.2, -0.15) is 0 Å². The van der Waals surface area contributed by atoms with Gasteiger partial charge in [-0.05, 0) is 97.0 Å². The summed E-state index contributed by atoms with van der Waals surface area (Å²) in [5, 5.41) is 2.15. The van der Waals surface area contributed by atoms with Crippen molar-refractivity contribution in [1.82, 2.24) is 4.98 Å². The van der Waals surface area contributed by atoms with Gasteiger partial charge in [0.15, 0.2) is 0 Å². The Morgan fingerprint density at radius 3 is 2.46 bits per heavy atom. The van der Waals surface area contributed by atoms with E-state index in [4.69, 9.17) is 9.40 Å². The molecule has 2 aromatic heterocycles. The maximum absolute atomic E-state index is 13.5. The highest BCUT2D eigenvalue weighted by Crippen LogP contribution is 2.46. The number of rotatable bonds is 4. The number of para-hydroxylation sites is 1. The predicted molar refractivity (Wildman–Crippen MR) is 140 cm³/mol. The summed E-state index contributed by atoms with van der Waals surface area (Å²) in [7, 11) is 0. The van der Waals surface area contributed by atoms with Gasteiger partial charge in [-0.25, -0.2) is 4.39 Å². The van der Waals surface area contributed by atoms with E-state index in [1.54, 1.807) is 12.1 Å². The zero-order chi connectivity index (χ0) is 23.4. The lowest BCUT2D eigenvalue weighted by molar-refractivity contribution is 0.0991. The molecule has 3 aliphatic carbocycles. The molecule has 35 heavy (non-hydrogen) atoms. The Labute approximate surface area is 204 Å². The van der Waals surface area contributed by atoms with Crippen LogP contribution in [0, 0.1) is 23.6 Å². The van der Waals surface area contributed by atoms with Gasteiger partial charge in [-0.3, -0.25) is 4.98 Å². The van der Waals surface area contributed by atoms with Gasteiger partial charge in [-0.15, -0.1) is 0 Å². The zero-order valence-corrected chi connectivity index (χ0v) is 19.7. The van der Waals surface area contributed by atoms with Gasteiger partial charge in [0.1, 0.15) is 17.0 Å². The average molecular weight is 462 g/mol. The maximum atomic E-state index is 13.5. The van der Waals surface area contributed by atoms with Gasteiger partial charge >= 0.3 is 0 Å². The summed E-state index contributed by atoms with van der Waals surface area (Å²) in [6, 6.07) is 23.6. The third-order valence-corrected chi connectivity index (χ3v) is 8.46. The summed E-state index contributed by atoms with van der Waals surface area (Å²) in [5.41, 5.74) is 7.15. The Bertz CT molecular complexity index is 1530. The summed E-state index contributed by atoms with van der Waals surface area (Å²) in [6.45, 7) is 0. The summed E-state index contributed by atoms with van der Waals surface area (Å²) >= 11 is 0. The molecular weight excluding hydrogens is 433 g/mol. The van der Waals surface area contributed by atoms with E-state index in [1.807, 2.05) is 24.4 Å². The molecule has 5 aromatic rings. The summed E-state index contributed by atoms with van der Waals surface area (Å²) in [6.07, 6.45) is 10.3. The number of hydrogen-bond acceptors (Lipinski definition) is 2. The van der Waals surface area contributed by atoms with E-state index < -0.39 is 0 Å². The number of halogens is 1. The third-order valence-electron chi connectivity index (χ3n) is 8.46. The lowest BCUT2D eigenvalue weighted by Crippen LogP contribution is -2.32. The number of nitrogens with zero attached hydrogens (tertiary/aromatic N) is 1. The minimum atomic E-state index is -0.235. The molecule has 0 aliphatic heterocycles. The normalized spacial score (nSPS) is 21.7. The number of pyridine rings is 1. The fraction of sp³-hybridized carbons (Fsp3) is 0.281. The number of aromatic nitrogens is 1. The minimum absolute atomic E-state index is 0.235. The number of fused-ring (bicyclic) bond motifs is 6. The Morgan fingerprint density at radius 2 is 1.66 bits per heavy atom. The van der Waals surface area contributed by atoms with Crippen molar-refractivity contribution in [2.45, 2.75) is 38.5 Å². The van der Waals surface area contributed by atoms with Crippen LogP contribution < -0.4 is 0 Å². The Kier molecular flexibility index (Phi) is 4.97. The largest absolute Gasteiger partial charge is 0.455 e. The van der Waals surface area contributed by atoms with E-state index in [2.05, 4.69) is 30.3 Å². The molecule has 0 radical (unpaired) electrons. The molecule has 2 bridgehead atoms. The van der Waals surface area contributed by atoms with Crippen LogP contribution in [-0.4, -0.2) is 4.98 Å². The zero-order valence-electron chi connectivity index (χ0n) is 19.7. The molecule has 1 unspecified atom stereocenters. The molecule has 3 saturated carbocycles. The second-order valence-electron chi connectivity index (χ2n) is 10.5. The van der Waals surface area contributed by atoms with Crippen molar-refractivity contribution in [3.8, 4) is 22.4 Å². The van der Waals surface area contributed by atoms with Gasteiger partial charge in [0.25, 0.3) is 0 Å². The third kappa shape index (κ3) is 3.74. The van der Waals surface area contributed by atoms with Gasteiger partial charge in [-0.1, -0.05) is 43.2 Å². The van der Waals surface area contributed by atoms with Crippen molar-refractivity contribution < 1.29 is 8.81 Å². The molecule has 1 atom stereocenters. The Hall–Kier alpha value is -3.46. The van der Waals surface area contributed by atoms with Crippen molar-refractivity contribution in [3.63, 3.8) is 0 Å². The molecule has 0 N–H and O–H groups in total. The first-order chi connectivity index (χ1) is 17.2. The van der Waals surface area contributed by atoms with Crippen LogP contribution in [0.4, 0.5) is 4.39 Å². The van der Waals surface area contributed by atoms with Gasteiger partial charge < -0.3 is 4.42 Å². The van der Waals surface area contributed by atoms with E-state index in [0.717, 1.165) is 62.1 Å². The van der Waals surface area contributed by atoms with E-state index in [9.17, 15) is 4.39 Å². The molecule has 2 nitrogen and oxygen atoms in total. The molecule has 8 rings (SSSR count). The maximum Gasteiger partial charge on any atom is 0.143 e. The van der Waals surface area contributed by atoms with Crippen molar-refractivity contribution in [1.29, 1.82) is 0 Å². The van der Waals surface area contributed by atoms with Crippen molar-refractivity contribution >= 4 is 21.9 Å². The van der Waals surface area contributed by atoms with Crippen molar-refractivity contribution in [3.05, 3.63) is 90.4 Å². The van der Waals surface area contributed by atoms with E-state index >= 15 is 0 Å². The second kappa shape index (κ2) is 8.34. The van der Waals surface area contributed by atoms with Crippen LogP contribution in [0.25, 0.3) is 44.3 Å². The average Bonchev–Trinajstić information content (AvgIpc) is 3.28. The van der Waals surface area contributed by atoms with Gasteiger partial charge in [0, 0.05) is 28.1 Å². The fourth-order valence-electron chi connectivity index (χ4n) is 6.64. The monoisotopic (exact) mass is 461 g/mol. The molecule has 0 saturated heterocycles. The SMILES string of the molecule is Fc1ccc(-c2cccc3c2oc2ccc(-c4cc(CC5CC6CCC5CC6)ccn4)cc23)cc1. The van der Waals surface area contributed by atoms with Gasteiger partial charge in [0.05, 0.1) is 5.69 Å². The summed E-state index contributed by atoms with van der Waals surface area (Å²) in [5.74, 6) is 2.48. The molecule has 174 valence electrons. The second-order valence-corrected chi connectivity index (χ2v) is 10.5. The molecule has 0 spiro atoms. The topological polar surface area (TPSA) is 26.0 Å². The lowest BCUT2D eigenvalue weighted by atomic mass is 9.63. The highest BCUT2D eigenvalue weighted by molar-refractivity contribution is 6.10. The first-order valence-corrected chi connectivity index (χ1v) is 12.9. The fourth-order valence-corrected chi connectivity index (χ4v) is 6.64. The Morgan fingerprint density at radius 1 is 0.829 bits per heavy atom. The van der Waals surface area contributed by atoms with Crippen LogP contribution in [0.15, 0.2) is 83.4 Å². The highest BCUT2D eigenvalue weighted by Gasteiger charge is 2.35. The first kappa shape index (κ1) is 20.9. The number of furan rings is 1. The van der Waals surface area contributed by atoms with Crippen LogP contribution in [0.3, 0.4) is 0 Å². The van der Waals surface area contributed by atoms with Crippen LogP contribution in [0.1, 0.15) is 37.7 Å². The van der Waals surface area contributed by atoms with Crippen LogP contribution in [0.5, 0.6) is 0 Å². The molecular formula is C32H28FNO. The molecule has 3 aromatic carbocycles. The van der Waals surface area contributed by atoms with Crippen LogP contribution in [-0.2, 0) is 6.42 Å². The molecule has 2 heterocycles. The number of hydrogen-bond donors (Lipinski definition) is 0. The molecule has 3 aliphatic rings. The molecule has 3 fully saturated rings. The summed E-state index contributed by atoms with van der Waals surface area (Å²) < 4.78 is 19.8. The van der Waals surface area contributed by atoms with Crippen molar-refractivity contribution in [2.75, 3.05) is 0 Å². The quantitative estimate of drug-likeness (QED) is 0.267. The smallest absolute Gasteiger partial charge is 0.143 e. The number of benzene rings is 3. The lowest BCUT2D eigenvalue weighted by Gasteiger charge is -2.42. The van der Waals surface area contributed by atoms with Crippen LogP contribution in [0.2, 0.25) is 0 Å². The molecule has 0 amide bonds. The van der Waals surface area contributed by atoms with Gasteiger partial charge in [0.2, 0.25) is 0 Å². The first-order valence-electron chi connectivity index (χ1n) is 12.9. The Balaban J connectivity index is 1.25. The summed E-state index contributed by atoms with van der Waals surface area (Å²) in [4.78, 5) is 4.73. The van der Waals surface area contributed by atoms with E-state index in [0.29, 0.717) is 0 Å². The molecule has 3 heteroatoms. The predicted octanol–water partition coefficient (Wildman–Crippen LogP) is 8.82. The van der Waals surface area contributed by atoms with E-state index in [-0.39, 0.29) is 5.82 Å². The van der Waals surface area contributed by atoms with Crippen molar-refractivity contribution in [2.24, 2.45) is 17.8 Å². The minimum Gasteiger partial charge on any atom is -0.455 e. The highest BCUT2D eigenvalue weighted by atomic mass is 19.1.